The van der Waals surface area contributed by atoms with Crippen LogP contribution in [0.4, 0.5) is 0 Å². The first-order chi connectivity index (χ1) is 7.00. The van der Waals surface area contributed by atoms with Gasteiger partial charge >= 0.3 is 0 Å². The zero-order valence-electron chi connectivity index (χ0n) is 9.77. The van der Waals surface area contributed by atoms with E-state index in [0.717, 1.165) is 5.82 Å². The molecule has 0 aromatic carbocycles. The fourth-order valence-electron chi connectivity index (χ4n) is 1.22. The number of nitrogens with zero attached hydrogens (tertiary/aromatic N) is 4. The summed E-state index contributed by atoms with van der Waals surface area (Å²) in [5.41, 5.74) is 0. The second-order valence-electron chi connectivity index (χ2n) is 3.91. The zero-order chi connectivity index (χ0) is 11.4. The highest BCUT2D eigenvalue weighted by molar-refractivity contribution is 5.77. The van der Waals surface area contributed by atoms with E-state index in [1.165, 1.54) is 0 Å². The van der Waals surface area contributed by atoms with Crippen LogP contribution >= 0.6 is 0 Å². The highest BCUT2D eigenvalue weighted by Crippen LogP contribution is 1.99. The molecule has 5 heteroatoms. The molecule has 1 heterocycles. The Kier molecular flexibility index (Phi) is 3.85. The molecule has 1 aromatic heterocycles. The van der Waals surface area contributed by atoms with Crippen molar-refractivity contribution in [3.05, 3.63) is 18.2 Å². The molecule has 0 fully saturated rings. The second-order valence-corrected chi connectivity index (χ2v) is 3.91. The molecule has 0 atom stereocenters. The summed E-state index contributed by atoms with van der Waals surface area (Å²) < 4.78 is 1.95. The van der Waals surface area contributed by atoms with Gasteiger partial charge in [0.1, 0.15) is 5.82 Å². The Balaban J connectivity index is 2.46. The van der Waals surface area contributed by atoms with Gasteiger partial charge in [-0.1, -0.05) is 0 Å². The van der Waals surface area contributed by atoms with Crippen LogP contribution < -0.4 is 0 Å². The minimum Gasteiger partial charge on any atom is -0.348 e. The molecule has 0 N–H and O–H groups in total. The molecule has 0 saturated heterocycles. The molecular weight excluding hydrogens is 192 g/mol. The van der Waals surface area contributed by atoms with E-state index in [-0.39, 0.29) is 5.91 Å². The quantitative estimate of drug-likeness (QED) is 0.699. The number of likely N-dealkylation sites (N-methyl/N-ethyl adjacent to an activating group) is 2. The molecule has 0 aliphatic carbocycles. The lowest BCUT2D eigenvalue weighted by molar-refractivity contribution is -0.129. The third-order valence-corrected chi connectivity index (χ3v) is 2.24. The van der Waals surface area contributed by atoms with Crippen LogP contribution in [0.3, 0.4) is 0 Å². The number of amides is 1. The molecule has 15 heavy (non-hydrogen) atoms. The molecule has 1 amide bonds. The maximum atomic E-state index is 11.4. The van der Waals surface area contributed by atoms with E-state index < -0.39 is 0 Å². The van der Waals surface area contributed by atoms with Crippen LogP contribution in [-0.2, 0) is 18.4 Å². The molecular formula is C10H18N4O. The van der Waals surface area contributed by atoms with Crippen molar-refractivity contribution in [2.45, 2.75) is 6.54 Å². The number of carbonyl (C=O) groups excluding carboxylic acids is 1. The Bertz CT molecular complexity index is 332. The predicted octanol–water partition coefficient (Wildman–Crippen LogP) is -0.0599. The highest BCUT2D eigenvalue weighted by atomic mass is 16.2. The molecule has 0 saturated carbocycles. The molecule has 1 rings (SSSR count). The fraction of sp³-hybridized carbons (Fsp3) is 0.600. The van der Waals surface area contributed by atoms with Crippen molar-refractivity contribution in [2.75, 3.05) is 27.7 Å². The van der Waals surface area contributed by atoms with E-state index >= 15 is 0 Å². The van der Waals surface area contributed by atoms with Gasteiger partial charge in [-0.15, -0.1) is 0 Å². The van der Waals surface area contributed by atoms with Crippen LogP contribution in [0.2, 0.25) is 0 Å². The number of aryl methyl sites for hydroxylation is 1. The van der Waals surface area contributed by atoms with Gasteiger partial charge < -0.3 is 9.47 Å². The first-order valence-electron chi connectivity index (χ1n) is 4.85. The lowest BCUT2D eigenvalue weighted by Gasteiger charge is -2.18. The van der Waals surface area contributed by atoms with Crippen LogP contribution in [0, 0.1) is 0 Å². The average molecular weight is 210 g/mol. The van der Waals surface area contributed by atoms with Gasteiger partial charge in [0.15, 0.2) is 0 Å². The smallest absolute Gasteiger partial charge is 0.236 e. The zero-order valence-corrected chi connectivity index (χ0v) is 9.77. The lowest BCUT2D eigenvalue weighted by Crippen LogP contribution is -2.34. The summed E-state index contributed by atoms with van der Waals surface area (Å²) in [4.78, 5) is 19.2. The summed E-state index contributed by atoms with van der Waals surface area (Å²) >= 11 is 0. The predicted molar refractivity (Wildman–Crippen MR) is 58.2 cm³/mol. The summed E-state index contributed by atoms with van der Waals surface area (Å²) in [5, 5.41) is 0. The van der Waals surface area contributed by atoms with E-state index in [2.05, 4.69) is 4.98 Å². The van der Waals surface area contributed by atoms with E-state index in [0.29, 0.717) is 13.1 Å². The van der Waals surface area contributed by atoms with E-state index in [4.69, 9.17) is 0 Å². The first kappa shape index (κ1) is 11.7. The van der Waals surface area contributed by atoms with Crippen LogP contribution in [0.25, 0.3) is 0 Å². The van der Waals surface area contributed by atoms with Gasteiger partial charge in [-0.3, -0.25) is 9.69 Å². The van der Waals surface area contributed by atoms with Gasteiger partial charge in [0.05, 0.1) is 13.1 Å². The van der Waals surface area contributed by atoms with Crippen LogP contribution in [0.1, 0.15) is 5.82 Å². The summed E-state index contributed by atoms with van der Waals surface area (Å²) in [6.45, 7) is 1.10. The van der Waals surface area contributed by atoms with Crippen molar-refractivity contribution < 1.29 is 4.79 Å². The standard InChI is InChI=1S/C10H18N4O/c1-12(2)10(15)8-13(3)7-9-11-5-6-14(9)4/h5-6H,7-8H2,1-4H3. The Morgan fingerprint density at radius 1 is 1.47 bits per heavy atom. The van der Waals surface area contributed by atoms with E-state index in [1.807, 2.05) is 29.8 Å². The summed E-state index contributed by atoms with van der Waals surface area (Å²) in [6, 6.07) is 0. The third kappa shape index (κ3) is 3.36. The molecule has 0 bridgehead atoms. The topological polar surface area (TPSA) is 41.4 Å². The second kappa shape index (κ2) is 4.93. The van der Waals surface area contributed by atoms with Crippen LogP contribution in [-0.4, -0.2) is 52.9 Å². The molecule has 0 aliphatic heterocycles. The molecule has 5 nitrogen and oxygen atoms in total. The summed E-state index contributed by atoms with van der Waals surface area (Å²) in [5.74, 6) is 1.07. The monoisotopic (exact) mass is 210 g/mol. The van der Waals surface area contributed by atoms with Gasteiger partial charge in [0.2, 0.25) is 5.91 Å². The van der Waals surface area contributed by atoms with Crippen molar-refractivity contribution in [1.29, 1.82) is 0 Å². The van der Waals surface area contributed by atoms with Crippen molar-refractivity contribution in [3.63, 3.8) is 0 Å². The Morgan fingerprint density at radius 2 is 2.13 bits per heavy atom. The van der Waals surface area contributed by atoms with Crippen molar-refractivity contribution in [2.24, 2.45) is 7.05 Å². The summed E-state index contributed by atoms with van der Waals surface area (Å²) in [6.07, 6.45) is 3.66. The number of carbonyl (C=O) groups is 1. The molecule has 84 valence electrons. The Hall–Kier alpha value is -1.36. The SMILES string of the molecule is CN(CC(=O)N(C)C)Cc1nccn1C. The van der Waals surface area contributed by atoms with Crippen LogP contribution in [0.5, 0.6) is 0 Å². The molecule has 0 spiro atoms. The fourth-order valence-corrected chi connectivity index (χ4v) is 1.22. The maximum absolute atomic E-state index is 11.4. The van der Waals surface area contributed by atoms with Crippen molar-refractivity contribution >= 4 is 5.91 Å². The van der Waals surface area contributed by atoms with Gasteiger partial charge in [-0.2, -0.15) is 0 Å². The number of aromatic nitrogens is 2. The van der Waals surface area contributed by atoms with Gasteiger partial charge in [-0.25, -0.2) is 4.98 Å². The van der Waals surface area contributed by atoms with Gasteiger partial charge in [-0.05, 0) is 7.05 Å². The van der Waals surface area contributed by atoms with Gasteiger partial charge in [0, 0.05) is 33.5 Å². The minimum absolute atomic E-state index is 0.103. The highest BCUT2D eigenvalue weighted by Gasteiger charge is 2.10. The van der Waals surface area contributed by atoms with Gasteiger partial charge in [0.25, 0.3) is 0 Å². The van der Waals surface area contributed by atoms with Crippen molar-refractivity contribution in [1.82, 2.24) is 19.4 Å². The summed E-state index contributed by atoms with van der Waals surface area (Å²) in [7, 11) is 7.38. The first-order valence-corrected chi connectivity index (χ1v) is 4.85. The molecule has 0 unspecified atom stereocenters. The minimum atomic E-state index is 0.103. The Morgan fingerprint density at radius 3 is 2.60 bits per heavy atom. The average Bonchev–Trinajstić information content (AvgIpc) is 2.51. The number of rotatable bonds is 4. The number of imidazole rings is 1. The number of hydrogen-bond acceptors (Lipinski definition) is 3. The molecule has 1 aromatic rings. The largest absolute Gasteiger partial charge is 0.348 e. The normalized spacial score (nSPS) is 10.7. The molecule has 0 aliphatic rings. The van der Waals surface area contributed by atoms with E-state index in [1.54, 1.807) is 25.2 Å². The lowest BCUT2D eigenvalue weighted by atomic mass is 10.4. The molecule has 0 radical (unpaired) electrons. The number of hydrogen-bond donors (Lipinski definition) is 0. The van der Waals surface area contributed by atoms with E-state index in [9.17, 15) is 4.79 Å². The van der Waals surface area contributed by atoms with Crippen LogP contribution in [0.15, 0.2) is 12.4 Å². The Labute approximate surface area is 90.3 Å². The van der Waals surface area contributed by atoms with Crippen molar-refractivity contribution in [3.8, 4) is 0 Å². The third-order valence-electron chi connectivity index (χ3n) is 2.24. The maximum Gasteiger partial charge on any atom is 0.236 e.